The average Bonchev–Trinajstić information content (AvgIpc) is 3.44. The third-order valence-corrected chi connectivity index (χ3v) is 7.03. The standard InChI is InChI=1S/C22H26N2O4/c1-24-13-22-11-8-16(28-22)17(18(22)20(24)26)19(25)23-21(9-3-4-10-21)14-6-5-7-15(12-14)27-2/h5-8,11-12,16-18H,3-4,9-10,13H2,1-2H3,(H,23,25). The molecule has 2 amide bonds. The number of nitrogens with one attached hydrogen (secondary N) is 1. The fourth-order valence-corrected chi connectivity index (χ4v) is 5.70. The van der Waals surface area contributed by atoms with Crippen molar-refractivity contribution in [3.63, 3.8) is 0 Å². The van der Waals surface area contributed by atoms with Gasteiger partial charge in [-0.3, -0.25) is 9.59 Å². The second kappa shape index (κ2) is 6.08. The van der Waals surface area contributed by atoms with Crippen LogP contribution in [0.5, 0.6) is 5.75 Å². The van der Waals surface area contributed by atoms with E-state index in [9.17, 15) is 9.59 Å². The summed E-state index contributed by atoms with van der Waals surface area (Å²) >= 11 is 0. The molecule has 0 radical (unpaired) electrons. The summed E-state index contributed by atoms with van der Waals surface area (Å²) in [6, 6.07) is 7.95. The Hall–Kier alpha value is -2.34. The number of nitrogens with zero attached hydrogens (tertiary/aromatic N) is 1. The van der Waals surface area contributed by atoms with E-state index in [1.54, 1.807) is 19.1 Å². The first-order chi connectivity index (χ1) is 13.5. The molecule has 3 aliphatic heterocycles. The van der Waals surface area contributed by atoms with Crippen LogP contribution in [0.1, 0.15) is 31.2 Å². The lowest BCUT2D eigenvalue weighted by Crippen LogP contribution is -2.51. The molecule has 6 heteroatoms. The van der Waals surface area contributed by atoms with Gasteiger partial charge in [0.2, 0.25) is 11.8 Å². The zero-order chi connectivity index (χ0) is 19.5. The normalized spacial score (nSPS) is 34.7. The van der Waals surface area contributed by atoms with Crippen molar-refractivity contribution in [2.75, 3.05) is 20.7 Å². The lowest BCUT2D eigenvalue weighted by atomic mass is 9.76. The third kappa shape index (κ3) is 2.37. The van der Waals surface area contributed by atoms with Gasteiger partial charge >= 0.3 is 0 Å². The van der Waals surface area contributed by atoms with Gasteiger partial charge in [0.05, 0.1) is 37.1 Å². The summed E-state index contributed by atoms with van der Waals surface area (Å²) in [6.45, 7) is 0.522. The van der Waals surface area contributed by atoms with Crippen LogP contribution in [-0.2, 0) is 19.9 Å². The smallest absolute Gasteiger partial charge is 0.229 e. The maximum absolute atomic E-state index is 13.5. The number of likely N-dealkylation sites (N-methyl/N-ethyl adjacent to an activating group) is 1. The number of carbonyl (C=O) groups is 2. The van der Waals surface area contributed by atoms with Crippen molar-refractivity contribution < 1.29 is 19.1 Å². The molecule has 1 spiro atoms. The Kier molecular flexibility index (Phi) is 3.85. The molecule has 2 saturated heterocycles. The Balaban J connectivity index is 1.45. The van der Waals surface area contributed by atoms with Gasteiger partial charge in [-0.15, -0.1) is 0 Å². The van der Waals surface area contributed by atoms with Crippen LogP contribution < -0.4 is 10.1 Å². The molecule has 1 N–H and O–H groups in total. The lowest BCUT2D eigenvalue weighted by molar-refractivity contribution is -0.137. The topological polar surface area (TPSA) is 67.9 Å². The van der Waals surface area contributed by atoms with Gasteiger partial charge in [-0.1, -0.05) is 37.1 Å². The molecule has 148 valence electrons. The summed E-state index contributed by atoms with van der Waals surface area (Å²) in [5.41, 5.74) is 0.0387. The first-order valence-corrected chi connectivity index (χ1v) is 10.1. The number of carbonyl (C=O) groups excluding carboxylic acids is 2. The molecular weight excluding hydrogens is 356 g/mol. The van der Waals surface area contributed by atoms with Crippen molar-refractivity contribution in [3.8, 4) is 5.75 Å². The molecule has 4 atom stereocenters. The van der Waals surface area contributed by atoms with E-state index in [-0.39, 0.29) is 17.9 Å². The molecule has 2 bridgehead atoms. The summed E-state index contributed by atoms with van der Waals surface area (Å²) in [4.78, 5) is 27.9. The van der Waals surface area contributed by atoms with Crippen LogP contribution in [0.3, 0.4) is 0 Å². The van der Waals surface area contributed by atoms with Gasteiger partial charge in [0.25, 0.3) is 0 Å². The van der Waals surface area contributed by atoms with Gasteiger partial charge in [-0.2, -0.15) is 0 Å². The maximum atomic E-state index is 13.5. The lowest BCUT2D eigenvalue weighted by Gasteiger charge is -2.34. The van der Waals surface area contributed by atoms with Crippen LogP contribution in [0, 0.1) is 11.8 Å². The van der Waals surface area contributed by atoms with Gasteiger partial charge in [0.1, 0.15) is 11.4 Å². The molecule has 1 saturated carbocycles. The van der Waals surface area contributed by atoms with Gasteiger partial charge < -0.3 is 19.7 Å². The van der Waals surface area contributed by atoms with Crippen molar-refractivity contribution in [1.82, 2.24) is 10.2 Å². The Morgan fingerprint density at radius 3 is 2.86 bits per heavy atom. The number of methoxy groups -OCH3 is 1. The van der Waals surface area contributed by atoms with E-state index < -0.39 is 23.0 Å². The molecule has 0 aromatic heterocycles. The third-order valence-electron chi connectivity index (χ3n) is 7.03. The predicted octanol–water partition coefficient (Wildman–Crippen LogP) is 1.99. The summed E-state index contributed by atoms with van der Waals surface area (Å²) < 4.78 is 11.5. The van der Waals surface area contributed by atoms with Crippen molar-refractivity contribution >= 4 is 11.8 Å². The fourth-order valence-electron chi connectivity index (χ4n) is 5.70. The Bertz CT molecular complexity index is 860. The Labute approximate surface area is 164 Å². The summed E-state index contributed by atoms with van der Waals surface area (Å²) in [5.74, 6) is -0.166. The molecule has 3 fully saturated rings. The van der Waals surface area contributed by atoms with E-state index in [0.29, 0.717) is 6.54 Å². The summed E-state index contributed by atoms with van der Waals surface area (Å²) in [5, 5.41) is 3.35. The zero-order valence-electron chi connectivity index (χ0n) is 16.3. The number of amides is 2. The molecule has 3 heterocycles. The second-order valence-electron chi connectivity index (χ2n) is 8.60. The molecule has 4 unspecified atom stereocenters. The number of hydrogen-bond donors (Lipinski definition) is 1. The number of fused-ring (bicyclic) bond motifs is 1. The van der Waals surface area contributed by atoms with E-state index in [0.717, 1.165) is 37.0 Å². The largest absolute Gasteiger partial charge is 0.497 e. The van der Waals surface area contributed by atoms with Crippen LogP contribution >= 0.6 is 0 Å². The molecule has 4 aliphatic rings. The molecule has 1 aromatic carbocycles. The average molecular weight is 382 g/mol. The maximum Gasteiger partial charge on any atom is 0.229 e. The van der Waals surface area contributed by atoms with Crippen LogP contribution in [-0.4, -0.2) is 49.1 Å². The van der Waals surface area contributed by atoms with Crippen molar-refractivity contribution in [2.24, 2.45) is 11.8 Å². The number of rotatable bonds is 4. The highest BCUT2D eigenvalue weighted by Gasteiger charge is 2.66. The molecule has 1 aliphatic carbocycles. The molecule has 6 nitrogen and oxygen atoms in total. The molecule has 28 heavy (non-hydrogen) atoms. The highest BCUT2D eigenvalue weighted by molar-refractivity contribution is 5.93. The first kappa shape index (κ1) is 17.7. The Morgan fingerprint density at radius 2 is 2.11 bits per heavy atom. The van der Waals surface area contributed by atoms with E-state index in [1.807, 2.05) is 30.4 Å². The van der Waals surface area contributed by atoms with Gasteiger partial charge in [0.15, 0.2) is 0 Å². The minimum Gasteiger partial charge on any atom is -0.497 e. The molecule has 1 aromatic rings. The zero-order valence-corrected chi connectivity index (χ0v) is 16.3. The minimum atomic E-state index is -0.628. The van der Waals surface area contributed by atoms with Crippen molar-refractivity contribution in [3.05, 3.63) is 42.0 Å². The Morgan fingerprint density at radius 1 is 1.32 bits per heavy atom. The van der Waals surface area contributed by atoms with Crippen LogP contribution in [0.25, 0.3) is 0 Å². The van der Waals surface area contributed by atoms with Crippen LogP contribution in [0.2, 0.25) is 0 Å². The second-order valence-corrected chi connectivity index (χ2v) is 8.60. The number of hydrogen-bond acceptors (Lipinski definition) is 4. The van der Waals surface area contributed by atoms with E-state index in [2.05, 4.69) is 11.4 Å². The highest BCUT2D eigenvalue weighted by Crippen LogP contribution is 2.52. The van der Waals surface area contributed by atoms with Crippen molar-refractivity contribution in [1.29, 1.82) is 0 Å². The summed E-state index contributed by atoms with van der Waals surface area (Å²) in [6.07, 6.45) is 7.55. The van der Waals surface area contributed by atoms with Gasteiger partial charge in [-0.05, 0) is 30.5 Å². The van der Waals surface area contributed by atoms with Gasteiger partial charge in [0, 0.05) is 7.05 Å². The predicted molar refractivity (Wildman–Crippen MR) is 103 cm³/mol. The summed E-state index contributed by atoms with van der Waals surface area (Å²) in [7, 11) is 3.43. The van der Waals surface area contributed by atoms with E-state index in [1.165, 1.54) is 0 Å². The highest BCUT2D eigenvalue weighted by atomic mass is 16.5. The number of likely N-dealkylation sites (tertiary alicyclic amines) is 1. The van der Waals surface area contributed by atoms with Crippen LogP contribution in [0.15, 0.2) is 36.4 Å². The fraction of sp³-hybridized carbons (Fsp3) is 0.545. The minimum absolute atomic E-state index is 0.00820. The van der Waals surface area contributed by atoms with Gasteiger partial charge in [-0.25, -0.2) is 0 Å². The van der Waals surface area contributed by atoms with E-state index in [4.69, 9.17) is 9.47 Å². The molecule has 5 rings (SSSR count). The first-order valence-electron chi connectivity index (χ1n) is 10.1. The monoisotopic (exact) mass is 382 g/mol. The number of ether oxygens (including phenoxy) is 2. The number of benzene rings is 1. The SMILES string of the molecule is COc1cccc(C2(NC(=O)C3C4C=CC5(CN(C)C(=O)C35)O4)CCCC2)c1. The molecular formula is C22H26N2O4. The van der Waals surface area contributed by atoms with Crippen LogP contribution in [0.4, 0.5) is 0 Å². The van der Waals surface area contributed by atoms with E-state index >= 15 is 0 Å². The quantitative estimate of drug-likeness (QED) is 0.809. The van der Waals surface area contributed by atoms with Crippen molar-refractivity contribution in [2.45, 2.75) is 42.9 Å².